The molecule has 2 unspecified atom stereocenters. The molecule has 2 amide bonds. The van der Waals surface area contributed by atoms with Crippen molar-refractivity contribution < 1.29 is 14.3 Å². The largest absolute Gasteiger partial charge is 0.393 e. The monoisotopic (exact) mass is 288 g/mol. The first kappa shape index (κ1) is 15.7. The highest BCUT2D eigenvalue weighted by molar-refractivity contribution is 6.30. The Balaban J connectivity index is 2.43. The molecule has 6 heteroatoms. The molecule has 0 spiro atoms. The summed E-state index contributed by atoms with van der Waals surface area (Å²) in [4.78, 5) is 11.6. The lowest BCUT2D eigenvalue weighted by Crippen LogP contribution is -2.33. The molecular formula is C13H18ClFN2O2. The van der Waals surface area contributed by atoms with Gasteiger partial charge in [-0.05, 0) is 37.5 Å². The number of amides is 2. The van der Waals surface area contributed by atoms with Crippen LogP contribution < -0.4 is 10.6 Å². The Morgan fingerprint density at radius 3 is 2.74 bits per heavy atom. The fraction of sp³-hybridized carbons (Fsp3) is 0.462. The molecule has 4 nitrogen and oxygen atoms in total. The molecule has 0 saturated heterocycles. The Morgan fingerprint density at radius 2 is 2.16 bits per heavy atom. The Morgan fingerprint density at radius 1 is 1.47 bits per heavy atom. The zero-order valence-electron chi connectivity index (χ0n) is 10.9. The van der Waals surface area contributed by atoms with Gasteiger partial charge in [-0.15, -0.1) is 0 Å². The van der Waals surface area contributed by atoms with Crippen molar-refractivity contribution in [1.29, 1.82) is 0 Å². The lowest BCUT2D eigenvalue weighted by molar-refractivity contribution is 0.163. The van der Waals surface area contributed by atoms with Crippen molar-refractivity contribution in [3.63, 3.8) is 0 Å². The quantitative estimate of drug-likeness (QED) is 0.780. The highest BCUT2D eigenvalue weighted by Crippen LogP contribution is 2.18. The number of benzene rings is 1. The molecular weight excluding hydrogens is 271 g/mol. The van der Waals surface area contributed by atoms with E-state index in [2.05, 4.69) is 10.6 Å². The summed E-state index contributed by atoms with van der Waals surface area (Å²) in [5.74, 6) is -0.444. The highest BCUT2D eigenvalue weighted by Gasteiger charge is 2.10. The molecule has 0 heterocycles. The van der Waals surface area contributed by atoms with Crippen molar-refractivity contribution in [2.45, 2.75) is 26.4 Å². The van der Waals surface area contributed by atoms with E-state index in [-0.39, 0.29) is 16.6 Å². The Hall–Kier alpha value is -1.33. The second-order valence-electron chi connectivity index (χ2n) is 4.65. The van der Waals surface area contributed by atoms with Crippen LogP contribution in [0.5, 0.6) is 0 Å². The fourth-order valence-electron chi connectivity index (χ4n) is 1.69. The number of carbonyl (C=O) groups is 1. The number of nitrogens with one attached hydrogen (secondary N) is 2. The van der Waals surface area contributed by atoms with E-state index in [0.29, 0.717) is 13.0 Å². The van der Waals surface area contributed by atoms with Gasteiger partial charge in [0, 0.05) is 11.6 Å². The molecule has 0 aliphatic carbocycles. The van der Waals surface area contributed by atoms with Gasteiger partial charge in [-0.3, -0.25) is 0 Å². The zero-order chi connectivity index (χ0) is 14.4. The summed E-state index contributed by atoms with van der Waals surface area (Å²) in [6.07, 6.45) is 0.184. The van der Waals surface area contributed by atoms with Crippen molar-refractivity contribution in [2.75, 3.05) is 11.9 Å². The van der Waals surface area contributed by atoms with E-state index in [1.165, 1.54) is 12.1 Å². The van der Waals surface area contributed by atoms with E-state index >= 15 is 0 Å². The maximum atomic E-state index is 13.4. The third kappa shape index (κ3) is 5.89. The van der Waals surface area contributed by atoms with E-state index in [9.17, 15) is 14.3 Å². The summed E-state index contributed by atoms with van der Waals surface area (Å²) in [5.41, 5.74) is 0.0741. The third-order valence-corrected chi connectivity index (χ3v) is 2.77. The van der Waals surface area contributed by atoms with Gasteiger partial charge in [0.1, 0.15) is 5.82 Å². The molecule has 3 N–H and O–H groups in total. The van der Waals surface area contributed by atoms with Gasteiger partial charge in [-0.2, -0.15) is 0 Å². The third-order valence-electron chi connectivity index (χ3n) is 2.53. The summed E-state index contributed by atoms with van der Waals surface area (Å²) in [7, 11) is 0. The topological polar surface area (TPSA) is 61.4 Å². The van der Waals surface area contributed by atoms with E-state index in [1.54, 1.807) is 6.92 Å². The second kappa shape index (κ2) is 7.31. The normalized spacial score (nSPS) is 13.7. The van der Waals surface area contributed by atoms with Crippen LogP contribution in [-0.4, -0.2) is 23.8 Å². The lowest BCUT2D eigenvalue weighted by atomic mass is 10.1. The van der Waals surface area contributed by atoms with E-state index < -0.39 is 18.0 Å². The van der Waals surface area contributed by atoms with Crippen molar-refractivity contribution in [1.82, 2.24) is 5.32 Å². The van der Waals surface area contributed by atoms with Crippen LogP contribution in [0.15, 0.2) is 18.2 Å². The highest BCUT2D eigenvalue weighted by atomic mass is 35.5. The molecule has 0 fully saturated rings. The number of hydrogen-bond donors (Lipinski definition) is 3. The van der Waals surface area contributed by atoms with Gasteiger partial charge in [-0.1, -0.05) is 18.5 Å². The van der Waals surface area contributed by atoms with Crippen molar-refractivity contribution in [3.05, 3.63) is 29.0 Å². The SMILES string of the molecule is CC(O)CC(C)CNC(=O)Nc1ccc(Cl)cc1F. The predicted octanol–water partition coefficient (Wildman–Crippen LogP) is 3.01. The standard InChI is InChI=1S/C13H18ClFN2O2/c1-8(5-9(2)18)7-16-13(19)17-12-4-3-10(14)6-11(12)15/h3-4,6,8-9,18H,5,7H2,1-2H3,(H2,16,17,19). The average molecular weight is 289 g/mol. The second-order valence-corrected chi connectivity index (χ2v) is 5.09. The first-order valence-corrected chi connectivity index (χ1v) is 6.44. The van der Waals surface area contributed by atoms with Crippen LogP contribution in [0.1, 0.15) is 20.3 Å². The molecule has 0 bridgehead atoms. The number of aliphatic hydroxyl groups is 1. The van der Waals surface area contributed by atoms with Gasteiger partial charge < -0.3 is 15.7 Å². The lowest BCUT2D eigenvalue weighted by Gasteiger charge is -2.14. The minimum absolute atomic E-state index is 0.0741. The van der Waals surface area contributed by atoms with Crippen molar-refractivity contribution in [2.24, 2.45) is 5.92 Å². The van der Waals surface area contributed by atoms with Crippen LogP contribution in [0.4, 0.5) is 14.9 Å². The first-order valence-electron chi connectivity index (χ1n) is 6.06. The van der Waals surface area contributed by atoms with Crippen molar-refractivity contribution in [3.8, 4) is 0 Å². The Labute approximate surface area is 117 Å². The van der Waals surface area contributed by atoms with Crippen LogP contribution in [0.25, 0.3) is 0 Å². The van der Waals surface area contributed by atoms with Crippen LogP contribution >= 0.6 is 11.6 Å². The fourth-order valence-corrected chi connectivity index (χ4v) is 1.85. The molecule has 0 radical (unpaired) electrons. The molecule has 2 atom stereocenters. The number of hydrogen-bond acceptors (Lipinski definition) is 2. The summed E-state index contributed by atoms with van der Waals surface area (Å²) in [6, 6.07) is 3.54. The van der Waals surface area contributed by atoms with Crippen molar-refractivity contribution >= 4 is 23.3 Å². The van der Waals surface area contributed by atoms with E-state index in [4.69, 9.17) is 11.6 Å². The Bertz CT molecular complexity index is 441. The average Bonchev–Trinajstić information content (AvgIpc) is 2.29. The Kier molecular flexibility index (Phi) is 6.05. The molecule has 1 rings (SSSR count). The van der Waals surface area contributed by atoms with E-state index in [0.717, 1.165) is 6.07 Å². The zero-order valence-corrected chi connectivity index (χ0v) is 11.7. The summed E-state index contributed by atoms with van der Waals surface area (Å²) >= 11 is 5.61. The maximum Gasteiger partial charge on any atom is 0.319 e. The molecule has 1 aromatic rings. The summed E-state index contributed by atoms with van der Waals surface area (Å²) in [6.45, 7) is 4.02. The van der Waals surface area contributed by atoms with Crippen LogP contribution in [0.2, 0.25) is 5.02 Å². The van der Waals surface area contributed by atoms with Gasteiger partial charge >= 0.3 is 6.03 Å². The summed E-state index contributed by atoms with van der Waals surface area (Å²) in [5, 5.41) is 14.5. The molecule has 0 aliphatic rings. The maximum absolute atomic E-state index is 13.4. The molecule has 0 aromatic heterocycles. The molecule has 0 saturated carbocycles. The van der Waals surface area contributed by atoms with Gasteiger partial charge in [0.05, 0.1) is 11.8 Å². The number of urea groups is 1. The van der Waals surface area contributed by atoms with Gasteiger partial charge in [0.25, 0.3) is 0 Å². The number of aliphatic hydroxyl groups excluding tert-OH is 1. The number of anilines is 1. The molecule has 106 valence electrons. The minimum atomic E-state index is -0.584. The number of halogens is 2. The van der Waals surface area contributed by atoms with Crippen LogP contribution in [0.3, 0.4) is 0 Å². The van der Waals surface area contributed by atoms with E-state index in [1.807, 2.05) is 6.92 Å². The van der Waals surface area contributed by atoms with Gasteiger partial charge in [-0.25, -0.2) is 9.18 Å². The van der Waals surface area contributed by atoms with Gasteiger partial charge in [0.15, 0.2) is 0 Å². The first-order chi connectivity index (χ1) is 8.88. The van der Waals surface area contributed by atoms with Gasteiger partial charge in [0.2, 0.25) is 0 Å². The molecule has 19 heavy (non-hydrogen) atoms. The van der Waals surface area contributed by atoms with Crippen LogP contribution in [-0.2, 0) is 0 Å². The van der Waals surface area contributed by atoms with Crippen LogP contribution in [0, 0.1) is 11.7 Å². The smallest absolute Gasteiger partial charge is 0.319 e. The predicted molar refractivity (Wildman–Crippen MR) is 73.9 cm³/mol. The number of rotatable bonds is 5. The molecule has 0 aliphatic heterocycles. The number of carbonyl (C=O) groups excluding carboxylic acids is 1. The summed E-state index contributed by atoms with van der Waals surface area (Å²) < 4.78 is 13.4. The minimum Gasteiger partial charge on any atom is -0.393 e. The molecule has 1 aromatic carbocycles.